The van der Waals surface area contributed by atoms with Crippen molar-refractivity contribution in [2.75, 3.05) is 19.9 Å². The summed E-state index contributed by atoms with van der Waals surface area (Å²) in [5.41, 5.74) is 0.751. The number of hydrogen-bond donors (Lipinski definition) is 1. The molecule has 0 aliphatic carbocycles. The molecular weight excluding hydrogens is 530 g/mol. The molecule has 0 unspecified atom stereocenters. The number of amides is 1. The Bertz CT molecular complexity index is 1290. The normalized spacial score (nSPS) is 17.0. The van der Waals surface area contributed by atoms with Gasteiger partial charge < -0.3 is 29.0 Å². The number of rotatable bonds is 12. The minimum absolute atomic E-state index is 0.163. The molecule has 1 N–H and O–H groups in total. The number of hydrogen-bond acceptors (Lipinski definition) is 8. The lowest BCUT2D eigenvalue weighted by molar-refractivity contribution is -0.164. The van der Waals surface area contributed by atoms with Crippen molar-refractivity contribution in [3.8, 4) is 17.2 Å². The second-order valence-electron chi connectivity index (χ2n) is 11.0. The van der Waals surface area contributed by atoms with Crippen LogP contribution in [0.3, 0.4) is 0 Å². The standard InChI is InChI=1S/C31H37NO9/c1-4-31(2,3)28(35)29(36)32-15-6-5-10-23(32)30(37)41-24(21-8-7-9-22(17-21)38-18-27(33)34)13-11-20-12-14-25-26(16-20)40-19-39-25/h7-9,12,14,16-17,23-24H,4-6,10-11,13,15,18-19H2,1-3H3,(H,33,34)/t23-,24+/m0/s1. The summed E-state index contributed by atoms with van der Waals surface area (Å²) in [4.78, 5) is 52.2. The van der Waals surface area contributed by atoms with Crippen LogP contribution in [0.1, 0.15) is 70.1 Å². The molecule has 220 valence electrons. The summed E-state index contributed by atoms with van der Waals surface area (Å²) in [7, 11) is 0. The lowest BCUT2D eigenvalue weighted by atomic mass is 9.84. The van der Waals surface area contributed by atoms with Gasteiger partial charge in [0.1, 0.15) is 17.9 Å². The largest absolute Gasteiger partial charge is 0.482 e. The summed E-state index contributed by atoms with van der Waals surface area (Å²) >= 11 is 0. The van der Waals surface area contributed by atoms with E-state index in [1.165, 1.54) is 4.90 Å². The first-order valence-corrected chi connectivity index (χ1v) is 14.0. The Balaban J connectivity index is 1.55. The number of carboxylic acid groups (broad SMARTS) is 1. The molecule has 0 saturated carbocycles. The topological polar surface area (TPSA) is 129 Å². The summed E-state index contributed by atoms with van der Waals surface area (Å²) in [6, 6.07) is 11.5. The highest BCUT2D eigenvalue weighted by Gasteiger charge is 2.41. The summed E-state index contributed by atoms with van der Waals surface area (Å²) in [5.74, 6) is -1.20. The van der Waals surface area contributed by atoms with Gasteiger partial charge in [0, 0.05) is 12.0 Å². The predicted molar refractivity (Wildman–Crippen MR) is 148 cm³/mol. The van der Waals surface area contributed by atoms with Crippen molar-refractivity contribution in [3.05, 3.63) is 53.6 Å². The number of carbonyl (C=O) groups is 4. The van der Waals surface area contributed by atoms with E-state index in [9.17, 15) is 19.2 Å². The zero-order chi connectivity index (χ0) is 29.6. The zero-order valence-corrected chi connectivity index (χ0v) is 23.7. The molecule has 1 amide bonds. The van der Waals surface area contributed by atoms with E-state index in [2.05, 4.69) is 0 Å². The van der Waals surface area contributed by atoms with Crippen LogP contribution in [0, 0.1) is 5.41 Å². The Labute approximate surface area is 239 Å². The van der Waals surface area contributed by atoms with E-state index < -0.39 is 47.8 Å². The molecule has 0 radical (unpaired) electrons. The number of ketones is 1. The van der Waals surface area contributed by atoms with Crippen LogP contribution in [0.5, 0.6) is 17.2 Å². The number of aliphatic carboxylic acids is 1. The summed E-state index contributed by atoms with van der Waals surface area (Å²) in [5, 5.41) is 9.00. The van der Waals surface area contributed by atoms with Gasteiger partial charge in [-0.15, -0.1) is 0 Å². The van der Waals surface area contributed by atoms with Crippen LogP contribution < -0.4 is 14.2 Å². The van der Waals surface area contributed by atoms with E-state index in [1.54, 1.807) is 38.1 Å². The van der Waals surface area contributed by atoms with E-state index >= 15 is 0 Å². The fraction of sp³-hybridized carbons (Fsp3) is 0.484. The minimum atomic E-state index is -1.11. The van der Waals surface area contributed by atoms with Crippen LogP contribution in [0.2, 0.25) is 0 Å². The zero-order valence-electron chi connectivity index (χ0n) is 23.7. The molecule has 0 spiro atoms. The van der Waals surface area contributed by atoms with Gasteiger partial charge in [0.25, 0.3) is 5.91 Å². The van der Waals surface area contributed by atoms with Crippen LogP contribution in [0.25, 0.3) is 0 Å². The van der Waals surface area contributed by atoms with Crippen LogP contribution in [0.15, 0.2) is 42.5 Å². The molecule has 0 bridgehead atoms. The smallest absolute Gasteiger partial charge is 0.341 e. The van der Waals surface area contributed by atoms with Gasteiger partial charge in [-0.25, -0.2) is 9.59 Å². The van der Waals surface area contributed by atoms with Crippen molar-refractivity contribution < 1.29 is 43.2 Å². The molecule has 0 aromatic heterocycles. The van der Waals surface area contributed by atoms with Gasteiger partial charge in [0.2, 0.25) is 12.6 Å². The fourth-order valence-corrected chi connectivity index (χ4v) is 4.86. The first-order chi connectivity index (χ1) is 19.6. The molecule has 2 aliphatic rings. The number of carboxylic acids is 1. The van der Waals surface area contributed by atoms with E-state index in [1.807, 2.05) is 25.1 Å². The Hall–Kier alpha value is -4.08. The van der Waals surface area contributed by atoms with Crippen LogP contribution in [-0.2, 0) is 30.3 Å². The molecule has 4 rings (SSSR count). The van der Waals surface area contributed by atoms with Gasteiger partial charge in [0.05, 0.1) is 0 Å². The Morgan fingerprint density at radius 1 is 1.07 bits per heavy atom. The molecular formula is C31H37NO9. The highest BCUT2D eigenvalue weighted by atomic mass is 16.7. The van der Waals surface area contributed by atoms with E-state index in [-0.39, 0.29) is 6.79 Å². The first-order valence-electron chi connectivity index (χ1n) is 14.0. The third-order valence-electron chi connectivity index (χ3n) is 7.71. The summed E-state index contributed by atoms with van der Waals surface area (Å²) < 4.78 is 22.3. The number of Topliss-reactive ketones (excluding diaryl/α,β-unsaturated/α-hetero) is 1. The fourth-order valence-electron chi connectivity index (χ4n) is 4.86. The molecule has 2 aromatic rings. The molecule has 2 heterocycles. The number of piperidine rings is 1. The maximum absolute atomic E-state index is 13.6. The highest BCUT2D eigenvalue weighted by molar-refractivity contribution is 6.38. The minimum Gasteiger partial charge on any atom is -0.482 e. The number of nitrogens with zero attached hydrogens (tertiary/aromatic N) is 1. The lowest BCUT2D eigenvalue weighted by Gasteiger charge is -2.36. The summed E-state index contributed by atoms with van der Waals surface area (Å²) in [6.45, 7) is 5.28. The van der Waals surface area contributed by atoms with Crippen molar-refractivity contribution in [1.82, 2.24) is 4.90 Å². The van der Waals surface area contributed by atoms with Crippen molar-refractivity contribution >= 4 is 23.6 Å². The number of ether oxygens (including phenoxy) is 4. The van der Waals surface area contributed by atoms with Crippen LogP contribution >= 0.6 is 0 Å². The third-order valence-corrected chi connectivity index (χ3v) is 7.71. The number of esters is 1. The quantitative estimate of drug-likeness (QED) is 0.291. The molecule has 2 atom stereocenters. The number of likely N-dealkylation sites (tertiary alicyclic amines) is 1. The maximum Gasteiger partial charge on any atom is 0.341 e. The highest BCUT2D eigenvalue weighted by Crippen LogP contribution is 2.35. The first kappa shape index (κ1) is 29.9. The molecule has 10 heteroatoms. The average molecular weight is 568 g/mol. The Morgan fingerprint density at radius 2 is 1.85 bits per heavy atom. The second-order valence-corrected chi connectivity index (χ2v) is 11.0. The second kappa shape index (κ2) is 13.1. The third kappa shape index (κ3) is 7.36. The number of benzene rings is 2. The van der Waals surface area contributed by atoms with Gasteiger partial charge in [-0.1, -0.05) is 39.0 Å². The number of fused-ring (bicyclic) bond motifs is 1. The van der Waals surface area contributed by atoms with Gasteiger partial charge in [-0.2, -0.15) is 0 Å². The Morgan fingerprint density at radius 3 is 2.61 bits per heavy atom. The van der Waals surface area contributed by atoms with Gasteiger partial charge in [-0.05, 0) is 73.9 Å². The van der Waals surface area contributed by atoms with Crippen molar-refractivity contribution in [1.29, 1.82) is 0 Å². The van der Waals surface area contributed by atoms with Crippen molar-refractivity contribution in [2.45, 2.75) is 71.4 Å². The molecule has 1 fully saturated rings. The molecule has 41 heavy (non-hydrogen) atoms. The van der Waals surface area contributed by atoms with Crippen molar-refractivity contribution in [3.63, 3.8) is 0 Å². The molecule has 1 saturated heterocycles. The van der Waals surface area contributed by atoms with E-state index in [4.69, 9.17) is 24.1 Å². The Kier molecular flexibility index (Phi) is 9.52. The molecule has 10 nitrogen and oxygen atoms in total. The number of aryl methyl sites for hydroxylation is 1. The average Bonchev–Trinajstić information content (AvgIpc) is 3.45. The van der Waals surface area contributed by atoms with Crippen LogP contribution in [-0.4, -0.2) is 59.6 Å². The lowest BCUT2D eigenvalue weighted by Crippen LogP contribution is -2.53. The number of carbonyl (C=O) groups excluding carboxylic acids is 3. The summed E-state index contributed by atoms with van der Waals surface area (Å²) in [6.07, 6.45) is 2.55. The van der Waals surface area contributed by atoms with Crippen molar-refractivity contribution in [2.24, 2.45) is 5.41 Å². The SMILES string of the molecule is CCC(C)(C)C(=O)C(=O)N1CCCC[C@H]1C(=O)O[C@H](CCc1ccc2c(c1)OCO2)c1cccc(OCC(=O)O)c1. The van der Waals surface area contributed by atoms with Crippen LogP contribution in [0.4, 0.5) is 0 Å². The van der Waals surface area contributed by atoms with Gasteiger partial charge in [-0.3, -0.25) is 9.59 Å². The maximum atomic E-state index is 13.6. The predicted octanol–water partition coefficient (Wildman–Crippen LogP) is 4.48. The van der Waals surface area contributed by atoms with E-state index in [0.717, 1.165) is 12.0 Å². The monoisotopic (exact) mass is 567 g/mol. The van der Waals surface area contributed by atoms with Gasteiger partial charge >= 0.3 is 11.9 Å². The molecule has 2 aromatic carbocycles. The van der Waals surface area contributed by atoms with E-state index in [0.29, 0.717) is 61.5 Å². The van der Waals surface area contributed by atoms with Gasteiger partial charge in [0.15, 0.2) is 18.1 Å². The molecule has 2 aliphatic heterocycles.